The van der Waals surface area contributed by atoms with E-state index >= 15 is 0 Å². The highest BCUT2D eigenvalue weighted by Gasteiger charge is 2.32. The molecule has 20 heavy (non-hydrogen) atoms. The van der Waals surface area contributed by atoms with Crippen LogP contribution in [-0.2, 0) is 17.9 Å². The second kappa shape index (κ2) is 5.52. The Morgan fingerprint density at radius 3 is 3.10 bits per heavy atom. The third-order valence-electron chi connectivity index (χ3n) is 4.80. The first-order valence-electron chi connectivity index (χ1n) is 7.56. The second-order valence-corrected chi connectivity index (χ2v) is 6.18. The molecular weight excluding hydrogens is 254 g/mol. The maximum Gasteiger partial charge on any atom is 0.226 e. The molecule has 110 valence electrons. The molecule has 2 aliphatic rings. The molecule has 3 rings (SSSR count). The number of carbonyl (C=O) groups excluding carboxylic acids is 1. The van der Waals surface area contributed by atoms with Gasteiger partial charge in [0, 0.05) is 25.0 Å². The second-order valence-electron chi connectivity index (χ2n) is 6.18. The fourth-order valence-corrected chi connectivity index (χ4v) is 3.46. The molecule has 1 amide bonds. The fourth-order valence-electron chi connectivity index (χ4n) is 3.46. The summed E-state index contributed by atoms with van der Waals surface area (Å²) < 4.78 is 2.02. The van der Waals surface area contributed by atoms with Crippen molar-refractivity contribution in [3.8, 4) is 0 Å². The van der Waals surface area contributed by atoms with E-state index in [-0.39, 0.29) is 17.9 Å². The van der Waals surface area contributed by atoms with Crippen LogP contribution in [0.15, 0.2) is 6.33 Å². The van der Waals surface area contributed by atoms with E-state index in [4.69, 9.17) is 5.73 Å². The lowest BCUT2D eigenvalue weighted by Crippen LogP contribution is -2.44. The first kappa shape index (κ1) is 13.5. The zero-order valence-corrected chi connectivity index (χ0v) is 12.0. The normalized spacial score (nSPS) is 28.0. The van der Waals surface area contributed by atoms with Gasteiger partial charge in [0.1, 0.15) is 6.33 Å². The summed E-state index contributed by atoms with van der Waals surface area (Å²) in [6.45, 7) is 4.20. The third kappa shape index (κ3) is 2.57. The topological polar surface area (TPSA) is 77.0 Å². The number of nitrogens with zero attached hydrogens (tertiary/aromatic N) is 4. The summed E-state index contributed by atoms with van der Waals surface area (Å²) >= 11 is 0. The molecule has 0 aromatic carbocycles. The maximum absolute atomic E-state index is 12.7. The van der Waals surface area contributed by atoms with Crippen LogP contribution in [0.1, 0.15) is 38.4 Å². The Hall–Kier alpha value is -1.43. The Morgan fingerprint density at radius 1 is 1.45 bits per heavy atom. The smallest absolute Gasteiger partial charge is 0.226 e. The summed E-state index contributed by atoms with van der Waals surface area (Å²) in [7, 11) is 0. The van der Waals surface area contributed by atoms with Crippen LogP contribution in [0.25, 0.3) is 0 Å². The average Bonchev–Trinajstić information content (AvgIpc) is 2.93. The lowest BCUT2D eigenvalue weighted by Gasteiger charge is -2.35. The van der Waals surface area contributed by atoms with E-state index in [9.17, 15) is 4.79 Å². The molecule has 0 radical (unpaired) electrons. The molecular formula is C14H23N5O. The minimum absolute atomic E-state index is 0.0656. The molecule has 1 aliphatic heterocycles. The Labute approximate surface area is 119 Å². The largest absolute Gasteiger partial charge is 0.333 e. The van der Waals surface area contributed by atoms with Gasteiger partial charge in [-0.05, 0) is 25.2 Å². The highest BCUT2D eigenvalue weighted by molar-refractivity contribution is 5.78. The van der Waals surface area contributed by atoms with Gasteiger partial charge < -0.3 is 15.2 Å². The Morgan fingerprint density at radius 2 is 2.30 bits per heavy atom. The van der Waals surface area contributed by atoms with E-state index in [2.05, 4.69) is 17.1 Å². The van der Waals surface area contributed by atoms with Gasteiger partial charge in [-0.1, -0.05) is 13.3 Å². The third-order valence-corrected chi connectivity index (χ3v) is 4.80. The molecule has 2 heterocycles. The van der Waals surface area contributed by atoms with Crippen LogP contribution in [0, 0.1) is 11.8 Å². The lowest BCUT2D eigenvalue weighted by molar-refractivity contribution is -0.138. The van der Waals surface area contributed by atoms with Crippen molar-refractivity contribution in [1.29, 1.82) is 0 Å². The average molecular weight is 277 g/mol. The van der Waals surface area contributed by atoms with Crippen LogP contribution in [0.5, 0.6) is 0 Å². The number of fused-ring (bicyclic) bond motifs is 1. The van der Waals surface area contributed by atoms with Gasteiger partial charge in [0.25, 0.3) is 0 Å². The van der Waals surface area contributed by atoms with E-state index in [1.54, 1.807) is 6.33 Å². The number of rotatable bonds is 2. The van der Waals surface area contributed by atoms with Crippen molar-refractivity contribution >= 4 is 5.91 Å². The predicted octanol–water partition coefficient (Wildman–Crippen LogP) is 0.774. The van der Waals surface area contributed by atoms with Crippen molar-refractivity contribution in [3.05, 3.63) is 12.2 Å². The molecule has 2 N–H and O–H groups in total. The van der Waals surface area contributed by atoms with Crippen molar-refractivity contribution in [2.75, 3.05) is 6.54 Å². The molecule has 0 bridgehead atoms. The lowest BCUT2D eigenvalue weighted by atomic mass is 9.78. The molecule has 6 nitrogen and oxygen atoms in total. The number of nitrogens with two attached hydrogens (primary N) is 1. The molecule has 0 saturated heterocycles. The first-order valence-corrected chi connectivity index (χ1v) is 7.56. The number of hydrogen-bond acceptors (Lipinski definition) is 4. The van der Waals surface area contributed by atoms with Gasteiger partial charge in [0.2, 0.25) is 5.91 Å². The number of hydrogen-bond donors (Lipinski definition) is 1. The van der Waals surface area contributed by atoms with Gasteiger partial charge in [0.05, 0.1) is 6.54 Å². The van der Waals surface area contributed by atoms with Crippen LogP contribution in [0.4, 0.5) is 0 Å². The van der Waals surface area contributed by atoms with Crippen molar-refractivity contribution in [2.45, 2.75) is 51.7 Å². The summed E-state index contributed by atoms with van der Waals surface area (Å²) in [5, 5.41) is 7.97. The van der Waals surface area contributed by atoms with E-state index in [1.165, 1.54) is 0 Å². The minimum Gasteiger partial charge on any atom is -0.333 e. The summed E-state index contributed by atoms with van der Waals surface area (Å²) in [6, 6.07) is 0.272. The number of amides is 1. The Bertz CT molecular complexity index is 486. The Balaban J connectivity index is 1.64. The zero-order valence-electron chi connectivity index (χ0n) is 12.0. The molecule has 0 spiro atoms. The fraction of sp³-hybridized carbons (Fsp3) is 0.786. The van der Waals surface area contributed by atoms with Crippen molar-refractivity contribution < 1.29 is 4.79 Å². The van der Waals surface area contributed by atoms with E-state index in [0.29, 0.717) is 12.5 Å². The van der Waals surface area contributed by atoms with Crippen molar-refractivity contribution in [1.82, 2.24) is 19.7 Å². The standard InChI is InChI=1S/C14H23N5O/c1-10(11-3-2-4-12(15)7-11)14(20)18-5-6-19-9-16-17-13(19)8-18/h9-12H,2-8,15H2,1H3. The molecule has 3 unspecified atom stereocenters. The summed E-state index contributed by atoms with van der Waals surface area (Å²) in [4.78, 5) is 14.6. The monoisotopic (exact) mass is 277 g/mol. The van der Waals surface area contributed by atoms with E-state index in [1.807, 2.05) is 9.47 Å². The van der Waals surface area contributed by atoms with Crippen LogP contribution >= 0.6 is 0 Å². The minimum atomic E-state index is 0.0656. The van der Waals surface area contributed by atoms with E-state index in [0.717, 1.165) is 44.6 Å². The van der Waals surface area contributed by atoms with Gasteiger partial charge in [-0.2, -0.15) is 0 Å². The van der Waals surface area contributed by atoms with Gasteiger partial charge in [-0.3, -0.25) is 4.79 Å². The summed E-state index contributed by atoms with van der Waals surface area (Å²) in [6.07, 6.45) is 6.10. The van der Waals surface area contributed by atoms with Crippen LogP contribution in [-0.4, -0.2) is 38.2 Å². The number of carbonyl (C=O) groups is 1. The first-order chi connectivity index (χ1) is 9.65. The molecule has 3 atom stereocenters. The van der Waals surface area contributed by atoms with Gasteiger partial charge in [0.15, 0.2) is 5.82 Å². The molecule has 1 fully saturated rings. The molecule has 1 aromatic heterocycles. The van der Waals surface area contributed by atoms with Crippen molar-refractivity contribution in [2.24, 2.45) is 17.6 Å². The zero-order chi connectivity index (χ0) is 14.1. The Kier molecular flexibility index (Phi) is 3.74. The summed E-state index contributed by atoms with van der Waals surface area (Å²) in [5.74, 6) is 1.64. The highest BCUT2D eigenvalue weighted by Crippen LogP contribution is 2.31. The van der Waals surface area contributed by atoms with Gasteiger partial charge in [-0.15, -0.1) is 10.2 Å². The molecule has 1 saturated carbocycles. The van der Waals surface area contributed by atoms with Crippen LogP contribution in [0.3, 0.4) is 0 Å². The van der Waals surface area contributed by atoms with Gasteiger partial charge >= 0.3 is 0 Å². The predicted molar refractivity (Wildman–Crippen MR) is 74.5 cm³/mol. The van der Waals surface area contributed by atoms with Crippen LogP contribution in [0.2, 0.25) is 0 Å². The summed E-state index contributed by atoms with van der Waals surface area (Å²) in [5.41, 5.74) is 6.04. The van der Waals surface area contributed by atoms with Gasteiger partial charge in [-0.25, -0.2) is 0 Å². The number of aromatic nitrogens is 3. The quantitative estimate of drug-likeness (QED) is 0.866. The van der Waals surface area contributed by atoms with E-state index < -0.39 is 0 Å². The molecule has 1 aromatic rings. The highest BCUT2D eigenvalue weighted by atomic mass is 16.2. The molecule has 6 heteroatoms. The SMILES string of the molecule is CC(C(=O)N1CCn2cnnc2C1)C1CCCC(N)C1. The maximum atomic E-state index is 12.7. The van der Waals surface area contributed by atoms with Crippen LogP contribution < -0.4 is 5.73 Å². The molecule has 1 aliphatic carbocycles. The van der Waals surface area contributed by atoms with Crippen molar-refractivity contribution in [3.63, 3.8) is 0 Å².